The lowest BCUT2D eigenvalue weighted by Crippen LogP contribution is -2.51. The molecule has 0 unspecified atom stereocenters. The Morgan fingerprint density at radius 1 is 1.10 bits per heavy atom. The van der Waals surface area contributed by atoms with Gasteiger partial charge >= 0.3 is 0 Å². The molecule has 3 heterocycles. The minimum absolute atomic E-state index is 0.0603. The Bertz CT molecular complexity index is 1110. The number of sulfonamides is 1. The van der Waals surface area contributed by atoms with Crippen molar-refractivity contribution in [3.63, 3.8) is 0 Å². The van der Waals surface area contributed by atoms with E-state index in [1.165, 1.54) is 13.1 Å². The van der Waals surface area contributed by atoms with Crippen molar-refractivity contribution in [1.82, 2.24) is 27.9 Å². The summed E-state index contributed by atoms with van der Waals surface area (Å²) in [4.78, 5) is 24.9. The Hall–Kier alpha value is -2.70. The van der Waals surface area contributed by atoms with E-state index in [2.05, 4.69) is 18.7 Å². The number of aromatic nitrogens is 4. The van der Waals surface area contributed by atoms with Crippen LogP contribution in [-0.4, -0.2) is 82.0 Å². The van der Waals surface area contributed by atoms with Crippen molar-refractivity contribution in [3.8, 4) is 0 Å². The van der Waals surface area contributed by atoms with E-state index in [-0.39, 0.29) is 17.3 Å². The predicted molar refractivity (Wildman–Crippen MR) is 108 cm³/mol. The maximum absolute atomic E-state index is 13.0. The lowest BCUT2D eigenvalue weighted by Gasteiger charge is -2.35. The topological polar surface area (TPSA) is 112 Å². The Kier molecular flexibility index (Phi) is 5.39. The lowest BCUT2D eigenvalue weighted by atomic mass is 10.3. The van der Waals surface area contributed by atoms with Crippen LogP contribution in [0.1, 0.15) is 0 Å². The first-order valence-corrected chi connectivity index (χ1v) is 11.1. The van der Waals surface area contributed by atoms with E-state index in [1.807, 2.05) is 4.90 Å². The predicted octanol–water partition coefficient (Wildman–Crippen LogP) is 0.451. The maximum atomic E-state index is 13.0. The van der Waals surface area contributed by atoms with Crippen LogP contribution in [-0.2, 0) is 14.8 Å². The van der Waals surface area contributed by atoms with Crippen molar-refractivity contribution in [2.24, 2.45) is 0 Å². The normalized spacial score (nSPS) is 15.2. The van der Waals surface area contributed by atoms with E-state index in [9.17, 15) is 13.2 Å². The van der Waals surface area contributed by atoms with Gasteiger partial charge in [-0.05, 0) is 18.2 Å². The minimum atomic E-state index is -3.86. The summed E-state index contributed by atoms with van der Waals surface area (Å²) in [5, 5.41) is 0. The van der Waals surface area contributed by atoms with Crippen LogP contribution in [0.2, 0.25) is 0 Å². The third kappa shape index (κ3) is 3.91. The van der Waals surface area contributed by atoms with E-state index in [1.54, 1.807) is 35.5 Å². The fourth-order valence-electron chi connectivity index (χ4n) is 3.14. The first-order valence-electron chi connectivity index (χ1n) is 8.94. The van der Waals surface area contributed by atoms with Crippen molar-refractivity contribution in [2.75, 3.05) is 44.7 Å². The van der Waals surface area contributed by atoms with Gasteiger partial charge in [0.1, 0.15) is 15.9 Å². The van der Waals surface area contributed by atoms with Gasteiger partial charge in [0, 0.05) is 45.6 Å². The molecule has 1 saturated heterocycles. The van der Waals surface area contributed by atoms with E-state index < -0.39 is 10.0 Å². The van der Waals surface area contributed by atoms with Gasteiger partial charge in [-0.15, -0.1) is 0 Å². The molecule has 2 aromatic heterocycles. The highest BCUT2D eigenvalue weighted by atomic mass is 32.2. The Labute approximate surface area is 172 Å². The summed E-state index contributed by atoms with van der Waals surface area (Å²) in [6, 6.07) is 6.57. The van der Waals surface area contributed by atoms with Crippen molar-refractivity contribution < 1.29 is 13.2 Å². The molecule has 10 nitrogen and oxygen atoms in total. The van der Waals surface area contributed by atoms with Crippen molar-refractivity contribution in [2.45, 2.75) is 4.90 Å². The molecule has 1 aliphatic heterocycles. The van der Waals surface area contributed by atoms with Gasteiger partial charge in [-0.3, -0.25) is 4.79 Å². The number of nitrogens with zero attached hydrogens (tertiary/aromatic N) is 7. The molecule has 1 amide bonds. The molecule has 0 aliphatic carbocycles. The third-order valence-corrected chi connectivity index (χ3v) is 7.14. The number of likely N-dealkylation sites (N-methyl/N-ethyl adjacent to an activating group) is 1. The highest BCUT2D eigenvalue weighted by Crippen LogP contribution is 2.23. The second-order valence-corrected chi connectivity index (χ2v) is 9.11. The summed E-state index contributed by atoms with van der Waals surface area (Å²) in [7, 11) is -2.46. The quantitative estimate of drug-likeness (QED) is 0.570. The second-order valence-electron chi connectivity index (χ2n) is 6.57. The first kappa shape index (κ1) is 19.6. The number of rotatable bonds is 5. The number of hydrogen-bond acceptors (Lipinski definition) is 9. The molecule has 4 rings (SSSR count). The van der Waals surface area contributed by atoms with Crippen molar-refractivity contribution in [1.29, 1.82) is 0 Å². The van der Waals surface area contributed by atoms with Gasteiger partial charge in [0.25, 0.3) is 0 Å². The summed E-state index contributed by atoms with van der Waals surface area (Å²) < 4.78 is 35.2. The zero-order valence-electron chi connectivity index (χ0n) is 15.7. The molecule has 0 radical (unpaired) electrons. The average molecular weight is 434 g/mol. The Morgan fingerprint density at radius 3 is 2.55 bits per heavy atom. The van der Waals surface area contributed by atoms with Crippen LogP contribution < -0.4 is 4.90 Å². The summed E-state index contributed by atoms with van der Waals surface area (Å²) in [6.45, 7) is 1.91. The van der Waals surface area contributed by atoms with Crippen LogP contribution >= 0.6 is 11.7 Å². The number of piperazine rings is 1. The Balaban J connectivity index is 1.41. The van der Waals surface area contributed by atoms with E-state index in [0.717, 1.165) is 16.0 Å². The number of amides is 1. The van der Waals surface area contributed by atoms with Gasteiger partial charge < -0.3 is 9.80 Å². The SMILES string of the molecule is CN(CC(=O)N1CCN(c2ncccn2)CC1)S(=O)(=O)c1cccc2nsnc12. The van der Waals surface area contributed by atoms with Gasteiger partial charge in [-0.2, -0.15) is 13.1 Å². The fourth-order valence-corrected chi connectivity index (χ4v) is 5.01. The van der Waals surface area contributed by atoms with Crippen molar-refractivity contribution in [3.05, 3.63) is 36.7 Å². The molecule has 0 spiro atoms. The maximum Gasteiger partial charge on any atom is 0.245 e. The highest BCUT2D eigenvalue weighted by molar-refractivity contribution is 7.89. The second kappa shape index (κ2) is 7.97. The molecule has 152 valence electrons. The van der Waals surface area contributed by atoms with Crippen LogP contribution in [0.5, 0.6) is 0 Å². The largest absolute Gasteiger partial charge is 0.338 e. The standard InChI is InChI=1S/C17H19N7O3S2/c1-22(29(26,27)14-5-2-4-13-16(14)21-28-20-13)12-15(25)23-8-10-24(11-9-23)17-18-6-3-7-19-17/h2-7H,8-12H2,1H3. The van der Waals surface area contributed by atoms with Crippen LogP contribution in [0.25, 0.3) is 11.0 Å². The Morgan fingerprint density at radius 2 is 1.83 bits per heavy atom. The number of hydrogen-bond donors (Lipinski definition) is 0. The summed E-state index contributed by atoms with van der Waals surface area (Å²) in [5.74, 6) is 0.387. The van der Waals surface area contributed by atoms with Crippen LogP contribution in [0, 0.1) is 0 Å². The molecule has 0 atom stereocenters. The molecule has 0 saturated carbocycles. The van der Waals surface area contributed by atoms with Crippen molar-refractivity contribution >= 4 is 44.6 Å². The zero-order valence-corrected chi connectivity index (χ0v) is 17.3. The average Bonchev–Trinajstić information content (AvgIpc) is 3.23. The molecule has 12 heteroatoms. The van der Waals surface area contributed by atoms with Crippen LogP contribution in [0.4, 0.5) is 5.95 Å². The number of benzene rings is 1. The summed E-state index contributed by atoms with van der Waals surface area (Å²) in [6.07, 6.45) is 3.36. The van der Waals surface area contributed by atoms with E-state index in [4.69, 9.17) is 0 Å². The number of carbonyl (C=O) groups is 1. The smallest absolute Gasteiger partial charge is 0.245 e. The molecule has 1 aromatic carbocycles. The molecule has 0 bridgehead atoms. The first-order chi connectivity index (χ1) is 14.0. The van der Waals surface area contributed by atoms with Crippen LogP contribution in [0.15, 0.2) is 41.6 Å². The van der Waals surface area contributed by atoms with Gasteiger partial charge in [0.05, 0.1) is 18.3 Å². The number of anilines is 1. The molecule has 29 heavy (non-hydrogen) atoms. The lowest BCUT2D eigenvalue weighted by molar-refractivity contribution is -0.131. The highest BCUT2D eigenvalue weighted by Gasteiger charge is 2.29. The summed E-state index contributed by atoms with van der Waals surface area (Å²) >= 11 is 0.957. The molecular weight excluding hydrogens is 414 g/mol. The van der Waals surface area contributed by atoms with Gasteiger partial charge in [0.15, 0.2) is 0 Å². The van der Waals surface area contributed by atoms with Gasteiger partial charge in [-0.1, -0.05) is 6.07 Å². The minimum Gasteiger partial charge on any atom is -0.338 e. The summed E-state index contributed by atoms with van der Waals surface area (Å²) in [5.41, 5.74) is 0.850. The van der Waals surface area contributed by atoms with Gasteiger partial charge in [-0.25, -0.2) is 18.4 Å². The molecule has 1 fully saturated rings. The monoisotopic (exact) mass is 433 g/mol. The van der Waals surface area contributed by atoms with Crippen LogP contribution in [0.3, 0.4) is 0 Å². The molecule has 3 aromatic rings. The molecular formula is C17H19N7O3S2. The molecule has 0 N–H and O–H groups in total. The number of carbonyl (C=O) groups excluding carboxylic acids is 1. The van der Waals surface area contributed by atoms with Gasteiger partial charge in [0.2, 0.25) is 21.9 Å². The zero-order chi connectivity index (χ0) is 20.4. The molecule has 1 aliphatic rings. The third-order valence-electron chi connectivity index (χ3n) is 4.76. The number of fused-ring (bicyclic) bond motifs is 1. The van der Waals surface area contributed by atoms with E-state index >= 15 is 0 Å². The fraction of sp³-hybridized carbons (Fsp3) is 0.353. The van der Waals surface area contributed by atoms with E-state index in [0.29, 0.717) is 43.2 Å².